The third-order valence-electron chi connectivity index (χ3n) is 3.54. The van der Waals surface area contributed by atoms with Crippen molar-refractivity contribution in [3.63, 3.8) is 0 Å². The lowest BCUT2D eigenvalue weighted by Crippen LogP contribution is -2.32. The number of aryl methyl sites for hydroxylation is 2. The number of rotatable bonds is 5. The van der Waals surface area contributed by atoms with Crippen molar-refractivity contribution in [3.05, 3.63) is 52.4 Å². The van der Waals surface area contributed by atoms with Gasteiger partial charge in [0.25, 0.3) is 0 Å². The fourth-order valence-corrected chi connectivity index (χ4v) is 2.41. The van der Waals surface area contributed by atoms with Crippen molar-refractivity contribution in [2.24, 2.45) is 0 Å². The molecule has 112 valence electrons. The first-order valence-electron chi connectivity index (χ1n) is 7.20. The monoisotopic (exact) mass is 303 g/mol. The average molecular weight is 304 g/mol. The Hall–Kier alpha value is -1.61. The third kappa shape index (κ3) is 4.43. The van der Waals surface area contributed by atoms with Crippen LogP contribution in [0, 0.1) is 13.8 Å². The highest BCUT2D eigenvalue weighted by molar-refractivity contribution is 6.30. The molecule has 1 heterocycles. The van der Waals surface area contributed by atoms with Crippen LogP contribution in [0.3, 0.4) is 0 Å². The minimum Gasteiger partial charge on any atom is -0.365 e. The molecule has 2 rings (SSSR count). The van der Waals surface area contributed by atoms with Gasteiger partial charge in [-0.25, -0.2) is 9.97 Å². The van der Waals surface area contributed by atoms with Crippen LogP contribution in [0.5, 0.6) is 0 Å². The molecule has 0 fully saturated rings. The Morgan fingerprint density at radius 1 is 1.10 bits per heavy atom. The fraction of sp³-hybridized carbons (Fsp3) is 0.412. The van der Waals surface area contributed by atoms with Crippen LogP contribution >= 0.6 is 11.6 Å². The van der Waals surface area contributed by atoms with Crippen molar-refractivity contribution in [1.82, 2.24) is 9.97 Å². The van der Waals surface area contributed by atoms with Crippen molar-refractivity contribution < 1.29 is 0 Å². The number of halogens is 1. The number of aromatic nitrogens is 2. The molecule has 1 aromatic carbocycles. The molecule has 1 aromatic heterocycles. The molecule has 0 spiro atoms. The topological polar surface area (TPSA) is 37.8 Å². The van der Waals surface area contributed by atoms with Gasteiger partial charge in [0.2, 0.25) is 0 Å². The van der Waals surface area contributed by atoms with Gasteiger partial charge >= 0.3 is 0 Å². The average Bonchev–Trinajstić information content (AvgIpc) is 2.43. The maximum atomic E-state index is 6.13. The SMILES string of the molecule is Cc1nc(Cl)c(C)c(NC(C)(C)CCc2ccccc2)n1. The van der Waals surface area contributed by atoms with Crippen LogP contribution in [-0.2, 0) is 6.42 Å². The van der Waals surface area contributed by atoms with Gasteiger partial charge in [-0.15, -0.1) is 0 Å². The van der Waals surface area contributed by atoms with Crippen molar-refractivity contribution >= 4 is 17.4 Å². The summed E-state index contributed by atoms with van der Waals surface area (Å²) >= 11 is 6.13. The van der Waals surface area contributed by atoms with Gasteiger partial charge in [-0.2, -0.15) is 0 Å². The highest BCUT2D eigenvalue weighted by Crippen LogP contribution is 2.25. The normalized spacial score (nSPS) is 11.5. The van der Waals surface area contributed by atoms with Crippen LogP contribution in [0.15, 0.2) is 30.3 Å². The Kier molecular flexibility index (Phi) is 4.84. The third-order valence-corrected chi connectivity index (χ3v) is 3.90. The second-order valence-electron chi connectivity index (χ2n) is 6.03. The summed E-state index contributed by atoms with van der Waals surface area (Å²) in [5.74, 6) is 1.51. The van der Waals surface area contributed by atoms with E-state index in [4.69, 9.17) is 11.6 Å². The first kappa shape index (κ1) is 15.8. The van der Waals surface area contributed by atoms with Gasteiger partial charge in [0, 0.05) is 11.1 Å². The molecule has 2 aromatic rings. The smallest absolute Gasteiger partial charge is 0.137 e. The predicted molar refractivity (Wildman–Crippen MR) is 89.0 cm³/mol. The summed E-state index contributed by atoms with van der Waals surface area (Å²) in [6, 6.07) is 10.5. The molecule has 4 heteroatoms. The van der Waals surface area contributed by atoms with Gasteiger partial charge in [-0.1, -0.05) is 41.9 Å². The van der Waals surface area contributed by atoms with E-state index in [1.54, 1.807) is 0 Å². The van der Waals surface area contributed by atoms with E-state index in [2.05, 4.69) is 53.4 Å². The minimum absolute atomic E-state index is 0.0648. The molecule has 0 unspecified atom stereocenters. The Balaban J connectivity index is 2.07. The Labute approximate surface area is 131 Å². The summed E-state index contributed by atoms with van der Waals surface area (Å²) in [4.78, 5) is 8.64. The molecule has 0 amide bonds. The number of hydrogen-bond acceptors (Lipinski definition) is 3. The quantitative estimate of drug-likeness (QED) is 0.822. The molecule has 0 bridgehead atoms. The predicted octanol–water partition coefficient (Wildman–Crippen LogP) is 4.57. The molecule has 0 aliphatic rings. The molecular formula is C17H22ClN3. The van der Waals surface area contributed by atoms with Crippen LogP contribution in [0.25, 0.3) is 0 Å². The number of nitrogens with zero attached hydrogens (tertiary/aromatic N) is 2. The first-order valence-corrected chi connectivity index (χ1v) is 7.58. The maximum Gasteiger partial charge on any atom is 0.137 e. The van der Waals surface area contributed by atoms with E-state index in [1.165, 1.54) is 5.56 Å². The lowest BCUT2D eigenvalue weighted by atomic mass is 9.95. The summed E-state index contributed by atoms with van der Waals surface area (Å²) in [5, 5.41) is 4.02. The van der Waals surface area contributed by atoms with Crippen molar-refractivity contribution in [3.8, 4) is 0 Å². The Bertz CT molecular complexity index is 609. The molecule has 0 radical (unpaired) electrons. The van der Waals surface area contributed by atoms with Crippen LogP contribution in [0.1, 0.15) is 37.2 Å². The number of benzene rings is 1. The van der Waals surface area contributed by atoms with Gasteiger partial charge in [0.05, 0.1) is 0 Å². The second kappa shape index (κ2) is 6.44. The molecule has 3 nitrogen and oxygen atoms in total. The molecule has 1 N–H and O–H groups in total. The molecule has 0 atom stereocenters. The molecule has 21 heavy (non-hydrogen) atoms. The van der Waals surface area contributed by atoms with Crippen LogP contribution < -0.4 is 5.32 Å². The highest BCUT2D eigenvalue weighted by Gasteiger charge is 2.20. The van der Waals surface area contributed by atoms with Crippen molar-refractivity contribution in [1.29, 1.82) is 0 Å². The van der Waals surface area contributed by atoms with E-state index in [1.807, 2.05) is 19.9 Å². The lowest BCUT2D eigenvalue weighted by Gasteiger charge is -2.28. The minimum atomic E-state index is -0.0648. The summed E-state index contributed by atoms with van der Waals surface area (Å²) in [6.45, 7) is 8.16. The summed E-state index contributed by atoms with van der Waals surface area (Å²) in [7, 11) is 0. The number of hydrogen-bond donors (Lipinski definition) is 1. The largest absolute Gasteiger partial charge is 0.365 e. The van der Waals surface area contributed by atoms with Crippen molar-refractivity contribution in [2.75, 3.05) is 5.32 Å². The lowest BCUT2D eigenvalue weighted by molar-refractivity contribution is 0.515. The maximum absolute atomic E-state index is 6.13. The molecule has 0 aliphatic heterocycles. The Morgan fingerprint density at radius 3 is 2.43 bits per heavy atom. The standard InChI is InChI=1S/C17H22ClN3/c1-12-15(18)19-13(2)20-16(12)21-17(3,4)11-10-14-8-6-5-7-9-14/h5-9H,10-11H2,1-4H3,(H,19,20,21). The molecule has 0 saturated heterocycles. The number of nitrogens with one attached hydrogen (secondary N) is 1. The summed E-state index contributed by atoms with van der Waals surface area (Å²) in [5.41, 5.74) is 2.18. The zero-order valence-electron chi connectivity index (χ0n) is 13.1. The number of anilines is 1. The first-order chi connectivity index (χ1) is 9.87. The van der Waals surface area contributed by atoms with E-state index in [0.717, 1.165) is 24.2 Å². The van der Waals surface area contributed by atoms with E-state index in [-0.39, 0.29) is 5.54 Å². The van der Waals surface area contributed by atoms with Crippen LogP contribution in [0.2, 0.25) is 5.15 Å². The molecular weight excluding hydrogens is 282 g/mol. The van der Waals surface area contributed by atoms with Gasteiger partial charge in [-0.3, -0.25) is 0 Å². The van der Waals surface area contributed by atoms with Crippen LogP contribution in [-0.4, -0.2) is 15.5 Å². The van der Waals surface area contributed by atoms with E-state index in [0.29, 0.717) is 11.0 Å². The summed E-state index contributed by atoms with van der Waals surface area (Å²) < 4.78 is 0. The van der Waals surface area contributed by atoms with Crippen molar-refractivity contribution in [2.45, 2.75) is 46.1 Å². The van der Waals surface area contributed by atoms with E-state index < -0.39 is 0 Å². The highest BCUT2D eigenvalue weighted by atomic mass is 35.5. The van der Waals surface area contributed by atoms with Gasteiger partial charge < -0.3 is 5.32 Å². The van der Waals surface area contributed by atoms with Crippen LogP contribution in [0.4, 0.5) is 5.82 Å². The van der Waals surface area contributed by atoms with Gasteiger partial charge in [0.15, 0.2) is 0 Å². The zero-order chi connectivity index (χ0) is 15.5. The summed E-state index contributed by atoms with van der Waals surface area (Å²) in [6.07, 6.45) is 2.04. The zero-order valence-corrected chi connectivity index (χ0v) is 13.8. The van der Waals surface area contributed by atoms with Gasteiger partial charge in [-0.05, 0) is 46.1 Å². The Morgan fingerprint density at radius 2 is 1.76 bits per heavy atom. The van der Waals surface area contributed by atoms with E-state index in [9.17, 15) is 0 Å². The molecule has 0 saturated carbocycles. The van der Waals surface area contributed by atoms with Gasteiger partial charge in [0.1, 0.15) is 16.8 Å². The van der Waals surface area contributed by atoms with E-state index >= 15 is 0 Å². The molecule has 0 aliphatic carbocycles. The fourth-order valence-electron chi connectivity index (χ4n) is 2.20. The second-order valence-corrected chi connectivity index (χ2v) is 6.39.